The van der Waals surface area contributed by atoms with E-state index in [-0.39, 0.29) is 24.1 Å². The fourth-order valence-electron chi connectivity index (χ4n) is 4.35. The second-order valence-electron chi connectivity index (χ2n) is 8.15. The summed E-state index contributed by atoms with van der Waals surface area (Å²) >= 11 is 0. The molecule has 0 saturated heterocycles. The number of methoxy groups -OCH3 is 3. The predicted octanol–water partition coefficient (Wildman–Crippen LogP) is 2.25. The van der Waals surface area contributed by atoms with Crippen molar-refractivity contribution in [2.24, 2.45) is 4.99 Å². The van der Waals surface area contributed by atoms with Crippen LogP contribution in [0.25, 0.3) is 0 Å². The van der Waals surface area contributed by atoms with Gasteiger partial charge in [0.25, 0.3) is 10.1 Å². The third kappa shape index (κ3) is 6.38. The quantitative estimate of drug-likeness (QED) is 0.555. The first kappa shape index (κ1) is 26.6. The molecule has 2 heterocycles. The van der Waals surface area contributed by atoms with Gasteiger partial charge in [-0.05, 0) is 43.9 Å². The van der Waals surface area contributed by atoms with Crippen molar-refractivity contribution in [2.75, 3.05) is 34.2 Å². The summed E-state index contributed by atoms with van der Waals surface area (Å²) in [5, 5.41) is 10.3. The van der Waals surface area contributed by atoms with Gasteiger partial charge in [-0.15, -0.1) is 0 Å². The van der Waals surface area contributed by atoms with Crippen LogP contribution < -0.4 is 18.9 Å². The molecule has 2 aromatic rings. The van der Waals surface area contributed by atoms with E-state index in [1.165, 1.54) is 7.11 Å². The lowest BCUT2D eigenvalue weighted by Gasteiger charge is -2.37. The molecule has 1 aromatic carbocycles. The summed E-state index contributed by atoms with van der Waals surface area (Å²) in [4.78, 5) is 13.7. The SMILES string of the molecule is CCOc1cc2c(cc1OC)C(c1cnc(OC)nc1OC)=N[C@@H]1CC[C@@H](O)C[C@H]21.CS(=O)(=O)O. The molecule has 11 nitrogen and oxygen atoms in total. The molecule has 0 spiro atoms. The molecule has 0 radical (unpaired) electrons. The van der Waals surface area contributed by atoms with Crippen molar-refractivity contribution < 1.29 is 37.0 Å². The number of nitrogens with zero attached hydrogens (tertiary/aromatic N) is 3. The molecule has 1 aliphatic heterocycles. The maximum atomic E-state index is 10.3. The Morgan fingerprint density at radius 3 is 2.37 bits per heavy atom. The van der Waals surface area contributed by atoms with E-state index in [1.54, 1.807) is 20.4 Å². The number of aliphatic hydroxyl groups excluding tert-OH is 1. The van der Waals surface area contributed by atoms with Crippen LogP contribution in [0.1, 0.15) is 48.8 Å². The van der Waals surface area contributed by atoms with Gasteiger partial charge in [-0.2, -0.15) is 13.4 Å². The Balaban J connectivity index is 0.000000623. The monoisotopic (exact) mass is 509 g/mol. The average molecular weight is 510 g/mol. The van der Waals surface area contributed by atoms with Crippen molar-refractivity contribution in [2.45, 2.75) is 44.2 Å². The maximum absolute atomic E-state index is 10.3. The summed E-state index contributed by atoms with van der Waals surface area (Å²) in [7, 11) is 1.03. The molecular weight excluding hydrogens is 478 g/mol. The van der Waals surface area contributed by atoms with E-state index in [0.717, 1.165) is 29.7 Å². The zero-order valence-electron chi connectivity index (χ0n) is 20.4. The molecule has 2 N–H and O–H groups in total. The minimum Gasteiger partial charge on any atom is -0.493 e. The van der Waals surface area contributed by atoms with Crippen LogP contribution >= 0.6 is 0 Å². The number of hydrogen-bond donors (Lipinski definition) is 2. The van der Waals surface area contributed by atoms with Crippen LogP contribution in [0.3, 0.4) is 0 Å². The average Bonchev–Trinajstić information content (AvgIpc) is 2.82. The molecule has 12 heteroatoms. The Hall–Kier alpha value is -2.96. The molecule has 3 atom stereocenters. The van der Waals surface area contributed by atoms with E-state index < -0.39 is 10.1 Å². The lowest BCUT2D eigenvalue weighted by Crippen LogP contribution is -2.34. The van der Waals surface area contributed by atoms with Gasteiger partial charge in [0.05, 0.1) is 57.6 Å². The number of aromatic nitrogens is 2. The number of hydrogen-bond acceptors (Lipinski definition) is 10. The Labute approximate surface area is 204 Å². The van der Waals surface area contributed by atoms with Crippen molar-refractivity contribution in [3.8, 4) is 23.4 Å². The zero-order valence-corrected chi connectivity index (χ0v) is 21.2. The van der Waals surface area contributed by atoms with Crippen LogP contribution in [0, 0.1) is 0 Å². The van der Waals surface area contributed by atoms with Gasteiger partial charge in [0, 0.05) is 17.7 Å². The molecule has 0 amide bonds. The second kappa shape index (κ2) is 11.2. The smallest absolute Gasteiger partial charge is 0.319 e. The van der Waals surface area contributed by atoms with Gasteiger partial charge < -0.3 is 24.1 Å². The lowest BCUT2D eigenvalue weighted by molar-refractivity contribution is 0.111. The number of rotatable bonds is 6. The van der Waals surface area contributed by atoms with Crippen LogP contribution in [0.15, 0.2) is 23.3 Å². The topological polar surface area (TPSA) is 150 Å². The number of ether oxygens (including phenoxy) is 4. The lowest BCUT2D eigenvalue weighted by atomic mass is 9.74. The first-order chi connectivity index (χ1) is 16.6. The molecule has 35 heavy (non-hydrogen) atoms. The normalized spacial score (nSPS) is 20.9. The van der Waals surface area contributed by atoms with Gasteiger partial charge in [-0.25, -0.2) is 4.98 Å². The minimum absolute atomic E-state index is 0.0607. The Morgan fingerprint density at radius 1 is 1.06 bits per heavy atom. The van der Waals surface area contributed by atoms with E-state index in [0.29, 0.717) is 42.2 Å². The van der Waals surface area contributed by atoms with E-state index in [1.807, 2.05) is 19.1 Å². The Bertz CT molecular complexity index is 1180. The summed E-state index contributed by atoms with van der Waals surface area (Å²) in [6.07, 6.45) is 4.28. The maximum Gasteiger partial charge on any atom is 0.319 e. The Kier molecular flexibility index (Phi) is 8.51. The molecule has 1 saturated carbocycles. The highest BCUT2D eigenvalue weighted by Gasteiger charge is 2.38. The van der Waals surface area contributed by atoms with Gasteiger partial charge in [0.15, 0.2) is 11.5 Å². The summed E-state index contributed by atoms with van der Waals surface area (Å²) in [6.45, 7) is 2.48. The van der Waals surface area contributed by atoms with Crippen LogP contribution in [-0.2, 0) is 10.1 Å². The fourth-order valence-corrected chi connectivity index (χ4v) is 4.35. The van der Waals surface area contributed by atoms with Crippen LogP contribution in [0.5, 0.6) is 23.4 Å². The number of benzene rings is 1. The molecular formula is C23H31N3O8S. The third-order valence-corrected chi connectivity index (χ3v) is 5.73. The Morgan fingerprint density at radius 2 is 1.77 bits per heavy atom. The molecule has 1 fully saturated rings. The highest BCUT2D eigenvalue weighted by atomic mass is 32.2. The zero-order chi connectivity index (χ0) is 25.8. The van der Waals surface area contributed by atoms with E-state index in [4.69, 9.17) is 28.5 Å². The van der Waals surface area contributed by atoms with Gasteiger partial charge in [-0.1, -0.05) is 0 Å². The van der Waals surface area contributed by atoms with Gasteiger partial charge >= 0.3 is 6.01 Å². The number of aliphatic imine (C=N–C) groups is 1. The van der Waals surface area contributed by atoms with Crippen molar-refractivity contribution in [1.82, 2.24) is 9.97 Å². The van der Waals surface area contributed by atoms with Crippen LogP contribution in [0.4, 0.5) is 0 Å². The minimum atomic E-state index is -3.67. The van der Waals surface area contributed by atoms with E-state index in [2.05, 4.69) is 9.97 Å². The third-order valence-electron chi connectivity index (χ3n) is 5.73. The summed E-state index contributed by atoms with van der Waals surface area (Å²) in [6, 6.07) is 4.26. The second-order valence-corrected chi connectivity index (χ2v) is 9.62. The standard InChI is InChI=1S/C22H27N3O5.CH4O3S/c1-5-30-19-9-13-14-8-12(26)6-7-17(14)24-20(15(13)10-18(19)27-2)16-11-23-22(29-4)25-21(16)28-3;1-5(2,3)4/h9-12,14,17,26H,5-8H2,1-4H3;1H3,(H,2,3,4)/t12-,14-,17-;/m1./s1. The number of aliphatic hydroxyl groups is 1. The summed E-state index contributed by atoms with van der Waals surface area (Å²) in [5.74, 6) is 1.83. The van der Waals surface area contributed by atoms with Gasteiger partial charge in [-0.3, -0.25) is 9.55 Å². The highest BCUT2D eigenvalue weighted by molar-refractivity contribution is 7.85. The van der Waals surface area contributed by atoms with E-state index in [9.17, 15) is 13.5 Å². The summed E-state index contributed by atoms with van der Waals surface area (Å²) < 4.78 is 47.9. The van der Waals surface area contributed by atoms with Gasteiger partial charge in [0.2, 0.25) is 5.88 Å². The first-order valence-corrected chi connectivity index (χ1v) is 12.9. The molecule has 1 aliphatic carbocycles. The van der Waals surface area contributed by atoms with E-state index >= 15 is 0 Å². The first-order valence-electron chi connectivity index (χ1n) is 11.1. The highest BCUT2D eigenvalue weighted by Crippen LogP contribution is 2.45. The van der Waals surface area contributed by atoms with Crippen LogP contribution in [0.2, 0.25) is 0 Å². The van der Waals surface area contributed by atoms with Crippen molar-refractivity contribution in [3.05, 3.63) is 35.0 Å². The molecule has 0 unspecified atom stereocenters. The summed E-state index contributed by atoms with van der Waals surface area (Å²) in [5.41, 5.74) is 3.45. The molecule has 2 aliphatic rings. The van der Waals surface area contributed by atoms with Crippen molar-refractivity contribution in [3.63, 3.8) is 0 Å². The predicted molar refractivity (Wildman–Crippen MR) is 129 cm³/mol. The fraction of sp³-hybridized carbons (Fsp3) is 0.522. The number of fused-ring (bicyclic) bond motifs is 3. The van der Waals surface area contributed by atoms with Crippen LogP contribution in [-0.4, -0.2) is 80.1 Å². The van der Waals surface area contributed by atoms with Gasteiger partial charge in [0.1, 0.15) is 0 Å². The van der Waals surface area contributed by atoms with Crippen molar-refractivity contribution in [1.29, 1.82) is 0 Å². The molecule has 1 aromatic heterocycles. The largest absolute Gasteiger partial charge is 0.493 e. The molecule has 0 bridgehead atoms. The molecule has 192 valence electrons. The van der Waals surface area contributed by atoms with Crippen molar-refractivity contribution >= 4 is 15.8 Å². The molecule has 4 rings (SSSR count).